The van der Waals surface area contributed by atoms with E-state index in [-0.39, 0.29) is 7.33 Å². The number of rotatable bonds is 8. The predicted octanol–water partition coefficient (Wildman–Crippen LogP) is 0.841. The number of hydrogen-bond acceptors (Lipinski definition) is 2. The zero-order chi connectivity index (χ0) is 10.8. The van der Waals surface area contributed by atoms with Gasteiger partial charge in [0.05, 0.1) is 0 Å². The molecule has 0 aromatic heterocycles. The zero-order valence-electron chi connectivity index (χ0n) is 8.64. The second kappa shape index (κ2) is 8.29. The Morgan fingerprint density at radius 1 is 1.36 bits per heavy atom. The molecule has 14 heavy (non-hydrogen) atoms. The first kappa shape index (κ1) is 12.7. The SMILES string of the molecule is C=C(C)C(=O)NCCCCCNC=O.[HH]. The van der Waals surface area contributed by atoms with Crippen molar-refractivity contribution in [2.24, 2.45) is 0 Å². The van der Waals surface area contributed by atoms with Gasteiger partial charge in [-0.05, 0) is 26.2 Å². The fourth-order valence-corrected chi connectivity index (χ4v) is 0.941. The summed E-state index contributed by atoms with van der Waals surface area (Å²) in [6.45, 7) is 6.60. The minimum Gasteiger partial charge on any atom is -0.359 e. The molecule has 0 atom stereocenters. The van der Waals surface area contributed by atoms with Crippen molar-refractivity contribution < 1.29 is 11.0 Å². The standard InChI is InChI=1S/C10H18N2O2.H2/c1-9(2)10(14)12-7-5-3-4-6-11-8-13;/h8H,1,3-7H2,2H3,(H,11,13)(H,12,14);1H. The molecular formula is C10H20N2O2. The normalized spacial score (nSPS) is 9.21. The molecule has 82 valence electrons. The van der Waals surface area contributed by atoms with Gasteiger partial charge in [-0.1, -0.05) is 6.58 Å². The van der Waals surface area contributed by atoms with E-state index in [2.05, 4.69) is 17.2 Å². The van der Waals surface area contributed by atoms with Crippen molar-refractivity contribution in [2.45, 2.75) is 26.2 Å². The van der Waals surface area contributed by atoms with E-state index in [4.69, 9.17) is 0 Å². The van der Waals surface area contributed by atoms with Crippen LogP contribution in [0.1, 0.15) is 27.6 Å². The zero-order valence-corrected chi connectivity index (χ0v) is 8.64. The molecule has 0 aliphatic carbocycles. The quantitative estimate of drug-likeness (QED) is 0.346. The molecule has 0 aromatic rings. The summed E-state index contributed by atoms with van der Waals surface area (Å²) >= 11 is 0. The topological polar surface area (TPSA) is 58.2 Å². The highest BCUT2D eigenvalue weighted by atomic mass is 16.1. The van der Waals surface area contributed by atoms with Crippen LogP contribution in [-0.2, 0) is 9.59 Å². The number of unbranched alkanes of at least 4 members (excludes halogenated alkanes) is 2. The summed E-state index contributed by atoms with van der Waals surface area (Å²) in [5, 5.41) is 5.33. The molecule has 0 rings (SSSR count). The monoisotopic (exact) mass is 200 g/mol. The van der Waals surface area contributed by atoms with Gasteiger partial charge in [-0.3, -0.25) is 9.59 Å². The summed E-state index contributed by atoms with van der Waals surface area (Å²) in [6, 6.07) is 0. The Bertz CT molecular complexity index is 208. The summed E-state index contributed by atoms with van der Waals surface area (Å²) in [4.78, 5) is 20.9. The molecule has 0 aliphatic rings. The minimum absolute atomic E-state index is 0. The van der Waals surface area contributed by atoms with Gasteiger partial charge in [-0.25, -0.2) is 0 Å². The van der Waals surface area contributed by atoms with E-state index in [0.29, 0.717) is 25.1 Å². The Labute approximate surface area is 86.2 Å². The molecule has 0 fully saturated rings. The number of carbonyl (C=O) groups excluding carboxylic acids is 2. The van der Waals surface area contributed by atoms with Crippen molar-refractivity contribution in [2.75, 3.05) is 13.1 Å². The van der Waals surface area contributed by atoms with E-state index in [1.165, 1.54) is 0 Å². The predicted molar refractivity (Wildman–Crippen MR) is 57.9 cm³/mol. The van der Waals surface area contributed by atoms with Gasteiger partial charge in [0, 0.05) is 20.1 Å². The average molecular weight is 200 g/mol. The van der Waals surface area contributed by atoms with Gasteiger partial charge in [-0.2, -0.15) is 0 Å². The second-order valence-corrected chi connectivity index (χ2v) is 3.17. The van der Waals surface area contributed by atoms with Crippen LogP contribution in [0, 0.1) is 0 Å². The summed E-state index contributed by atoms with van der Waals surface area (Å²) in [6.07, 6.45) is 3.57. The highest BCUT2D eigenvalue weighted by Crippen LogP contribution is 1.93. The fraction of sp³-hybridized carbons (Fsp3) is 0.600. The molecule has 2 N–H and O–H groups in total. The van der Waals surface area contributed by atoms with Crippen LogP contribution >= 0.6 is 0 Å². The van der Waals surface area contributed by atoms with Gasteiger partial charge >= 0.3 is 0 Å². The van der Waals surface area contributed by atoms with Crippen molar-refractivity contribution in [1.29, 1.82) is 0 Å². The summed E-state index contributed by atoms with van der Waals surface area (Å²) in [5.41, 5.74) is 0.535. The molecule has 4 nitrogen and oxygen atoms in total. The molecular weight excluding hydrogens is 180 g/mol. The highest BCUT2D eigenvalue weighted by molar-refractivity contribution is 5.91. The van der Waals surface area contributed by atoms with Crippen LogP contribution in [-0.4, -0.2) is 25.4 Å². The Morgan fingerprint density at radius 3 is 2.57 bits per heavy atom. The highest BCUT2D eigenvalue weighted by Gasteiger charge is 1.98. The van der Waals surface area contributed by atoms with Crippen molar-refractivity contribution in [3.8, 4) is 0 Å². The molecule has 0 heterocycles. The maximum atomic E-state index is 11.0. The lowest BCUT2D eigenvalue weighted by Crippen LogP contribution is -2.24. The van der Waals surface area contributed by atoms with Gasteiger partial charge < -0.3 is 10.6 Å². The van der Waals surface area contributed by atoms with Crippen molar-refractivity contribution in [1.82, 2.24) is 10.6 Å². The molecule has 0 saturated heterocycles. The smallest absolute Gasteiger partial charge is 0.246 e. The van der Waals surface area contributed by atoms with Crippen LogP contribution in [0.5, 0.6) is 0 Å². The molecule has 0 spiro atoms. The molecule has 4 heteroatoms. The third-order valence-electron chi connectivity index (χ3n) is 1.75. The maximum Gasteiger partial charge on any atom is 0.246 e. The molecule has 0 unspecified atom stereocenters. The summed E-state index contributed by atoms with van der Waals surface area (Å²) in [5.74, 6) is -0.0870. The minimum atomic E-state index is -0.0870. The average Bonchev–Trinajstić information content (AvgIpc) is 2.16. The lowest BCUT2D eigenvalue weighted by molar-refractivity contribution is -0.117. The van der Waals surface area contributed by atoms with Crippen molar-refractivity contribution >= 4 is 12.3 Å². The van der Waals surface area contributed by atoms with E-state index in [9.17, 15) is 9.59 Å². The van der Waals surface area contributed by atoms with Gasteiger partial charge in [0.15, 0.2) is 0 Å². The Balaban J connectivity index is 0. The number of hydrogen-bond donors (Lipinski definition) is 2. The van der Waals surface area contributed by atoms with E-state index >= 15 is 0 Å². The third-order valence-corrected chi connectivity index (χ3v) is 1.75. The molecule has 0 aliphatic heterocycles. The Morgan fingerprint density at radius 2 is 2.00 bits per heavy atom. The summed E-state index contributed by atoms with van der Waals surface area (Å²) in [7, 11) is 0. The van der Waals surface area contributed by atoms with E-state index < -0.39 is 0 Å². The van der Waals surface area contributed by atoms with Crippen molar-refractivity contribution in [3.63, 3.8) is 0 Å². The van der Waals surface area contributed by atoms with Crippen LogP contribution in [0.15, 0.2) is 12.2 Å². The molecule has 2 amide bonds. The van der Waals surface area contributed by atoms with E-state index in [1.807, 2.05) is 0 Å². The lowest BCUT2D eigenvalue weighted by Gasteiger charge is -2.04. The molecule has 0 saturated carbocycles. The Hall–Kier alpha value is -1.32. The molecule has 0 radical (unpaired) electrons. The van der Waals surface area contributed by atoms with Crippen LogP contribution < -0.4 is 10.6 Å². The van der Waals surface area contributed by atoms with Crippen molar-refractivity contribution in [3.05, 3.63) is 12.2 Å². The van der Waals surface area contributed by atoms with Crippen LogP contribution in [0.3, 0.4) is 0 Å². The number of carbonyl (C=O) groups is 2. The van der Waals surface area contributed by atoms with Crippen LogP contribution in [0.4, 0.5) is 0 Å². The Kier molecular flexibility index (Phi) is 7.50. The van der Waals surface area contributed by atoms with Gasteiger partial charge in [-0.15, -0.1) is 0 Å². The number of amides is 2. The van der Waals surface area contributed by atoms with Crippen LogP contribution in [0.2, 0.25) is 0 Å². The first-order valence-electron chi connectivity index (χ1n) is 4.79. The third kappa shape index (κ3) is 7.34. The second-order valence-electron chi connectivity index (χ2n) is 3.17. The number of nitrogens with one attached hydrogen (secondary N) is 2. The van der Waals surface area contributed by atoms with Crippen LogP contribution in [0.25, 0.3) is 0 Å². The summed E-state index contributed by atoms with van der Waals surface area (Å²) < 4.78 is 0. The van der Waals surface area contributed by atoms with Gasteiger partial charge in [0.2, 0.25) is 12.3 Å². The maximum absolute atomic E-state index is 11.0. The molecule has 0 bridgehead atoms. The fourth-order valence-electron chi connectivity index (χ4n) is 0.941. The first-order valence-corrected chi connectivity index (χ1v) is 4.79. The van der Waals surface area contributed by atoms with E-state index in [1.54, 1.807) is 6.92 Å². The lowest BCUT2D eigenvalue weighted by atomic mass is 10.2. The van der Waals surface area contributed by atoms with E-state index in [0.717, 1.165) is 19.3 Å². The first-order chi connectivity index (χ1) is 6.68. The van der Waals surface area contributed by atoms with Gasteiger partial charge in [0.25, 0.3) is 0 Å². The molecule has 0 aromatic carbocycles. The van der Waals surface area contributed by atoms with Gasteiger partial charge in [0.1, 0.15) is 0 Å². The largest absolute Gasteiger partial charge is 0.359 e.